The molecule has 4 aromatic carbocycles. The summed E-state index contributed by atoms with van der Waals surface area (Å²) >= 11 is 0. The molecular weight excluding hydrogens is 737 g/mol. The van der Waals surface area contributed by atoms with E-state index >= 15 is 0 Å². The van der Waals surface area contributed by atoms with E-state index in [-0.39, 0.29) is 17.8 Å². The first-order chi connectivity index (χ1) is 30.3. The molecule has 0 saturated heterocycles. The van der Waals surface area contributed by atoms with Crippen LogP contribution in [-0.2, 0) is 0 Å². The summed E-state index contributed by atoms with van der Waals surface area (Å²) in [6.07, 6.45) is 45.1. The van der Waals surface area contributed by atoms with Crippen LogP contribution in [0.15, 0.2) is 234 Å². The van der Waals surface area contributed by atoms with Gasteiger partial charge in [0, 0.05) is 46.1 Å². The highest BCUT2D eigenvalue weighted by Crippen LogP contribution is 2.62. The average molecular weight is 787 g/mol. The minimum atomic E-state index is 0.157. The Bertz CT molecular complexity index is 2890. The van der Waals surface area contributed by atoms with Crippen LogP contribution < -0.4 is 4.90 Å². The Morgan fingerprint density at radius 1 is 0.590 bits per heavy atom. The fourth-order valence-corrected chi connectivity index (χ4v) is 11.6. The van der Waals surface area contributed by atoms with Crippen LogP contribution in [0.2, 0.25) is 0 Å². The number of hydrogen-bond acceptors (Lipinski definition) is 1. The first-order valence-corrected chi connectivity index (χ1v) is 22.5. The second-order valence-corrected chi connectivity index (χ2v) is 17.7. The summed E-state index contributed by atoms with van der Waals surface area (Å²) in [6, 6.07) is 39.4. The van der Waals surface area contributed by atoms with Gasteiger partial charge in [-0.3, -0.25) is 0 Å². The molecule has 0 N–H and O–H groups in total. The van der Waals surface area contributed by atoms with Crippen molar-refractivity contribution in [3.63, 3.8) is 0 Å². The van der Waals surface area contributed by atoms with Crippen LogP contribution in [0.1, 0.15) is 72.2 Å². The first kappa shape index (κ1) is 36.2. The molecule has 2 heteroatoms. The molecule has 0 amide bonds. The van der Waals surface area contributed by atoms with Gasteiger partial charge in [0.15, 0.2) is 0 Å². The second kappa shape index (κ2) is 15.1. The molecule has 0 spiro atoms. The maximum absolute atomic E-state index is 2.66. The van der Waals surface area contributed by atoms with Crippen LogP contribution in [-0.4, -0.2) is 4.57 Å². The lowest BCUT2D eigenvalue weighted by molar-refractivity contribution is 0.564. The lowest BCUT2D eigenvalue weighted by Crippen LogP contribution is -2.28. The van der Waals surface area contributed by atoms with Crippen molar-refractivity contribution in [1.29, 1.82) is 0 Å². The van der Waals surface area contributed by atoms with Gasteiger partial charge >= 0.3 is 0 Å². The van der Waals surface area contributed by atoms with Gasteiger partial charge in [0.25, 0.3) is 0 Å². The molecule has 6 atom stereocenters. The fraction of sp³-hybridized carbons (Fsp3) is 0.186. The maximum atomic E-state index is 2.66. The number of para-hydroxylation sites is 2. The number of anilines is 2. The summed E-state index contributed by atoms with van der Waals surface area (Å²) in [6.45, 7) is 0. The Morgan fingerprint density at radius 2 is 1.33 bits per heavy atom. The minimum absolute atomic E-state index is 0.157. The molecule has 1 aliphatic heterocycles. The van der Waals surface area contributed by atoms with E-state index < -0.39 is 0 Å². The third kappa shape index (κ3) is 6.06. The topological polar surface area (TPSA) is 8.17 Å². The third-order valence-corrected chi connectivity index (χ3v) is 14.4. The lowest BCUT2D eigenvalue weighted by atomic mass is 9.70. The Morgan fingerprint density at radius 3 is 2.07 bits per heavy atom. The van der Waals surface area contributed by atoms with Crippen LogP contribution in [0, 0.1) is 17.8 Å². The molecule has 0 bridgehead atoms. The van der Waals surface area contributed by atoms with Crippen molar-refractivity contribution in [2.75, 3.05) is 4.90 Å². The predicted octanol–water partition coefficient (Wildman–Crippen LogP) is 14.9. The van der Waals surface area contributed by atoms with Crippen molar-refractivity contribution in [3.8, 4) is 5.69 Å². The van der Waals surface area contributed by atoms with E-state index in [0.717, 1.165) is 32.1 Å². The summed E-state index contributed by atoms with van der Waals surface area (Å²) in [4.78, 5) is 2.66. The van der Waals surface area contributed by atoms with Gasteiger partial charge in [-0.25, -0.2) is 0 Å². The number of aromatic nitrogens is 1. The van der Waals surface area contributed by atoms with Crippen LogP contribution >= 0.6 is 0 Å². The highest BCUT2D eigenvalue weighted by atomic mass is 15.2. The standard InChI is InChI=1S/C59H50N2/c1-5-17-40(18-6-1)42-29-33-44(34-30-42)55(45-35-31-43(32-36-45)41-19-7-2-8-20-41)46-37-38-54-53(39-46)58-59(60(54)47-21-9-3-10-22-47)56-51-27-15-13-25-49(51)50-26-14-16-28-52(50)57(56)61(58)48-23-11-4-12-24-48/h1-13,15-17,19,21-25,27-35,37-41,45,51,55-56H,14,18,20,26,36H2/t40-,41-,45-,51?,55?,56-/m0/s1. The van der Waals surface area contributed by atoms with Gasteiger partial charge in [-0.15, -0.1) is 0 Å². The van der Waals surface area contributed by atoms with E-state index in [1.165, 1.54) is 78.3 Å². The van der Waals surface area contributed by atoms with Crippen LogP contribution in [0.4, 0.5) is 11.4 Å². The quantitative estimate of drug-likeness (QED) is 0.160. The van der Waals surface area contributed by atoms with Gasteiger partial charge < -0.3 is 9.47 Å². The molecule has 1 aromatic heterocycles. The summed E-state index contributed by atoms with van der Waals surface area (Å²) in [5, 5.41) is 1.32. The Balaban J connectivity index is 1.07. The fourth-order valence-electron chi connectivity index (χ4n) is 11.6. The molecule has 12 rings (SSSR count). The van der Waals surface area contributed by atoms with Crippen LogP contribution in [0.5, 0.6) is 0 Å². The van der Waals surface area contributed by atoms with Crippen LogP contribution in [0.25, 0.3) is 16.6 Å². The van der Waals surface area contributed by atoms with Crippen molar-refractivity contribution in [2.45, 2.75) is 49.9 Å². The SMILES string of the molecule is C1=CC[C@@H](C2=CC[C@@H](C(c3ccc([C@H]4C=CC=CC4)cc3)c3ccc4c(c3)c3c(n4-c4ccccc4)[C@@H]4C(=C5C=CCCC5=C5C=CC=CC54)N3c3ccccc3)C=C2)C=C1. The summed E-state index contributed by atoms with van der Waals surface area (Å²) < 4.78 is 2.61. The Kier molecular flexibility index (Phi) is 8.98. The van der Waals surface area contributed by atoms with E-state index in [4.69, 9.17) is 0 Å². The molecule has 6 aliphatic carbocycles. The molecule has 296 valence electrons. The number of fused-ring (bicyclic) bond motifs is 8. The number of nitrogens with zero attached hydrogens (tertiary/aromatic N) is 2. The number of hydrogen-bond donors (Lipinski definition) is 0. The number of rotatable bonds is 7. The first-order valence-electron chi connectivity index (χ1n) is 22.5. The van der Waals surface area contributed by atoms with E-state index in [1.807, 2.05) is 0 Å². The average Bonchev–Trinajstić information content (AvgIpc) is 3.86. The van der Waals surface area contributed by atoms with Gasteiger partial charge in [0.1, 0.15) is 0 Å². The largest absolute Gasteiger partial charge is 0.311 e. The molecule has 2 unspecified atom stereocenters. The minimum Gasteiger partial charge on any atom is -0.311 e. The molecule has 2 heterocycles. The summed E-state index contributed by atoms with van der Waals surface area (Å²) in [5.74, 6) is 1.82. The van der Waals surface area contributed by atoms with Crippen LogP contribution in [0.3, 0.4) is 0 Å². The van der Waals surface area contributed by atoms with E-state index in [0.29, 0.717) is 17.8 Å². The molecule has 7 aliphatic rings. The van der Waals surface area contributed by atoms with E-state index in [2.05, 4.69) is 216 Å². The molecule has 0 saturated carbocycles. The molecule has 5 aromatic rings. The summed E-state index contributed by atoms with van der Waals surface area (Å²) in [5.41, 5.74) is 17.8. The predicted molar refractivity (Wildman–Crippen MR) is 254 cm³/mol. The van der Waals surface area contributed by atoms with Gasteiger partial charge in [-0.1, -0.05) is 170 Å². The number of benzene rings is 4. The van der Waals surface area contributed by atoms with Crippen molar-refractivity contribution >= 4 is 22.3 Å². The number of allylic oxidation sites excluding steroid dienone is 22. The van der Waals surface area contributed by atoms with E-state index in [1.54, 1.807) is 0 Å². The monoisotopic (exact) mass is 786 g/mol. The molecule has 2 nitrogen and oxygen atoms in total. The van der Waals surface area contributed by atoms with Gasteiger partial charge in [0.05, 0.1) is 22.8 Å². The highest BCUT2D eigenvalue weighted by Gasteiger charge is 2.49. The van der Waals surface area contributed by atoms with Crippen molar-refractivity contribution in [2.24, 2.45) is 17.8 Å². The molecular formula is C59H50N2. The zero-order valence-corrected chi connectivity index (χ0v) is 34.5. The molecule has 0 fully saturated rings. The summed E-state index contributed by atoms with van der Waals surface area (Å²) in [7, 11) is 0. The normalized spacial score (nSPS) is 24.9. The molecule has 0 radical (unpaired) electrons. The zero-order valence-electron chi connectivity index (χ0n) is 34.5. The van der Waals surface area contributed by atoms with Crippen molar-refractivity contribution in [1.82, 2.24) is 4.57 Å². The van der Waals surface area contributed by atoms with Crippen molar-refractivity contribution < 1.29 is 0 Å². The maximum Gasteiger partial charge on any atom is 0.0759 e. The Labute approximate surface area is 360 Å². The van der Waals surface area contributed by atoms with Gasteiger partial charge in [-0.2, -0.15) is 0 Å². The van der Waals surface area contributed by atoms with Gasteiger partial charge in [0.2, 0.25) is 0 Å². The highest BCUT2D eigenvalue weighted by molar-refractivity contribution is 6.04. The van der Waals surface area contributed by atoms with E-state index in [9.17, 15) is 0 Å². The molecule has 61 heavy (non-hydrogen) atoms. The van der Waals surface area contributed by atoms with Gasteiger partial charge in [-0.05, 0) is 113 Å². The zero-order chi connectivity index (χ0) is 40.3. The second-order valence-electron chi connectivity index (χ2n) is 17.7. The third-order valence-electron chi connectivity index (χ3n) is 14.4. The van der Waals surface area contributed by atoms with Crippen molar-refractivity contribution in [3.05, 3.63) is 257 Å². The smallest absolute Gasteiger partial charge is 0.0759 e. The Hall–Kier alpha value is -6.64. The lowest BCUT2D eigenvalue weighted by Gasteiger charge is -2.38.